The SMILES string of the molecule is CCCN(C(=O)CCNC(=O)c1ccco1)C1CCS(=O)(=O)C1. The summed E-state index contributed by atoms with van der Waals surface area (Å²) in [5.74, 6) is -0.121. The molecule has 1 aliphatic rings. The summed E-state index contributed by atoms with van der Waals surface area (Å²) in [6.45, 7) is 2.67. The van der Waals surface area contributed by atoms with Crippen molar-refractivity contribution in [3.63, 3.8) is 0 Å². The van der Waals surface area contributed by atoms with Crippen molar-refractivity contribution in [2.24, 2.45) is 0 Å². The van der Waals surface area contributed by atoms with E-state index in [0.717, 1.165) is 6.42 Å². The maximum atomic E-state index is 12.4. The predicted octanol–water partition coefficient (Wildman–Crippen LogP) is 0.825. The normalized spacial score (nSPS) is 19.4. The maximum absolute atomic E-state index is 12.4. The fourth-order valence-electron chi connectivity index (χ4n) is 2.69. The van der Waals surface area contributed by atoms with Crippen molar-refractivity contribution in [1.29, 1.82) is 0 Å². The van der Waals surface area contributed by atoms with Crippen molar-refractivity contribution in [1.82, 2.24) is 10.2 Å². The first-order valence-corrected chi connectivity index (χ1v) is 9.56. The van der Waals surface area contributed by atoms with Crippen molar-refractivity contribution in [2.45, 2.75) is 32.2 Å². The van der Waals surface area contributed by atoms with Crippen LogP contribution in [0, 0.1) is 0 Å². The average Bonchev–Trinajstić information content (AvgIpc) is 3.14. The van der Waals surface area contributed by atoms with Crippen molar-refractivity contribution in [2.75, 3.05) is 24.6 Å². The Morgan fingerprint density at radius 2 is 2.22 bits per heavy atom. The zero-order valence-electron chi connectivity index (χ0n) is 13.2. The van der Waals surface area contributed by atoms with E-state index in [4.69, 9.17) is 4.42 Å². The average molecular weight is 342 g/mol. The smallest absolute Gasteiger partial charge is 0.286 e. The van der Waals surface area contributed by atoms with Crippen LogP contribution in [0.1, 0.15) is 36.7 Å². The van der Waals surface area contributed by atoms with E-state index in [0.29, 0.717) is 13.0 Å². The number of carbonyl (C=O) groups excluding carboxylic acids is 2. The van der Waals surface area contributed by atoms with Crippen LogP contribution in [0.3, 0.4) is 0 Å². The van der Waals surface area contributed by atoms with Gasteiger partial charge in [0.15, 0.2) is 15.6 Å². The van der Waals surface area contributed by atoms with E-state index in [1.807, 2.05) is 6.92 Å². The molecule has 0 aromatic carbocycles. The summed E-state index contributed by atoms with van der Waals surface area (Å²) >= 11 is 0. The van der Waals surface area contributed by atoms with Gasteiger partial charge in [0.25, 0.3) is 5.91 Å². The van der Waals surface area contributed by atoms with Crippen molar-refractivity contribution < 1.29 is 22.4 Å². The third-order valence-corrected chi connectivity index (χ3v) is 5.55. The quantitative estimate of drug-likeness (QED) is 0.791. The second kappa shape index (κ2) is 7.63. The van der Waals surface area contributed by atoms with Gasteiger partial charge in [0.1, 0.15) is 0 Å². The Labute approximate surface area is 135 Å². The first kappa shape index (κ1) is 17.5. The number of rotatable bonds is 7. The van der Waals surface area contributed by atoms with E-state index in [1.54, 1.807) is 17.0 Å². The van der Waals surface area contributed by atoms with Crippen LogP contribution >= 0.6 is 0 Å². The summed E-state index contributed by atoms with van der Waals surface area (Å²) in [7, 11) is -3.03. The molecule has 2 rings (SSSR count). The highest BCUT2D eigenvalue weighted by Crippen LogP contribution is 2.18. The second-order valence-electron chi connectivity index (χ2n) is 5.63. The number of nitrogens with zero attached hydrogens (tertiary/aromatic N) is 1. The Kier molecular flexibility index (Phi) is 5.81. The molecule has 1 saturated heterocycles. The molecule has 1 aromatic rings. The van der Waals surface area contributed by atoms with Crippen LogP contribution in [-0.2, 0) is 14.6 Å². The monoisotopic (exact) mass is 342 g/mol. The van der Waals surface area contributed by atoms with Gasteiger partial charge >= 0.3 is 0 Å². The molecule has 0 spiro atoms. The Hall–Kier alpha value is -1.83. The molecule has 0 bridgehead atoms. The minimum Gasteiger partial charge on any atom is -0.459 e. The van der Waals surface area contributed by atoms with Crippen LogP contribution in [0.15, 0.2) is 22.8 Å². The van der Waals surface area contributed by atoms with Crippen molar-refractivity contribution >= 4 is 21.7 Å². The molecular formula is C15H22N2O5S. The van der Waals surface area contributed by atoms with E-state index in [2.05, 4.69) is 5.32 Å². The Bertz CT molecular complexity index is 639. The van der Waals surface area contributed by atoms with E-state index in [9.17, 15) is 18.0 Å². The summed E-state index contributed by atoms with van der Waals surface area (Å²) < 4.78 is 28.2. The largest absolute Gasteiger partial charge is 0.459 e. The molecule has 0 aliphatic carbocycles. The summed E-state index contributed by atoms with van der Waals surface area (Å²) in [5, 5.41) is 2.62. The van der Waals surface area contributed by atoms with Crippen LogP contribution in [0.25, 0.3) is 0 Å². The van der Waals surface area contributed by atoms with E-state index in [-0.39, 0.29) is 48.1 Å². The molecule has 1 aromatic heterocycles. The van der Waals surface area contributed by atoms with Gasteiger partial charge in [-0.3, -0.25) is 9.59 Å². The lowest BCUT2D eigenvalue weighted by Crippen LogP contribution is -2.42. The van der Waals surface area contributed by atoms with Gasteiger partial charge in [-0.1, -0.05) is 6.92 Å². The topological polar surface area (TPSA) is 96.7 Å². The molecule has 0 saturated carbocycles. The lowest BCUT2D eigenvalue weighted by Gasteiger charge is -2.28. The third-order valence-electron chi connectivity index (χ3n) is 3.80. The third kappa shape index (κ3) is 4.82. The number of carbonyl (C=O) groups is 2. The van der Waals surface area contributed by atoms with Crippen LogP contribution in [-0.4, -0.2) is 55.8 Å². The molecule has 1 atom stereocenters. The highest BCUT2D eigenvalue weighted by molar-refractivity contribution is 7.91. The summed E-state index contributed by atoms with van der Waals surface area (Å²) in [6, 6.07) is 2.92. The molecule has 7 nitrogen and oxygen atoms in total. The Morgan fingerprint density at radius 3 is 2.78 bits per heavy atom. The molecule has 1 aliphatic heterocycles. The van der Waals surface area contributed by atoms with Crippen LogP contribution < -0.4 is 5.32 Å². The van der Waals surface area contributed by atoms with E-state index in [1.165, 1.54) is 6.26 Å². The maximum Gasteiger partial charge on any atom is 0.286 e. The van der Waals surface area contributed by atoms with Crippen LogP contribution in [0.4, 0.5) is 0 Å². The fourth-order valence-corrected chi connectivity index (χ4v) is 4.43. The number of sulfone groups is 1. The van der Waals surface area contributed by atoms with Gasteiger partial charge in [0, 0.05) is 25.6 Å². The highest BCUT2D eigenvalue weighted by atomic mass is 32.2. The van der Waals surface area contributed by atoms with Crippen LogP contribution in [0.5, 0.6) is 0 Å². The number of hydrogen-bond acceptors (Lipinski definition) is 5. The Balaban J connectivity index is 1.85. The predicted molar refractivity (Wildman–Crippen MR) is 84.7 cm³/mol. The van der Waals surface area contributed by atoms with Gasteiger partial charge in [-0.15, -0.1) is 0 Å². The summed E-state index contributed by atoms with van der Waals surface area (Å²) in [4.78, 5) is 25.7. The number of amides is 2. The first-order valence-electron chi connectivity index (χ1n) is 7.74. The standard InChI is InChI=1S/C15H22N2O5S/c1-2-8-17(12-6-10-23(20,21)11-12)14(18)5-7-16-15(19)13-4-3-9-22-13/h3-4,9,12H,2,5-8,10-11H2,1H3,(H,16,19). The molecule has 23 heavy (non-hydrogen) atoms. The Morgan fingerprint density at radius 1 is 1.43 bits per heavy atom. The molecule has 8 heteroatoms. The van der Waals surface area contributed by atoms with Gasteiger partial charge in [0.05, 0.1) is 17.8 Å². The highest BCUT2D eigenvalue weighted by Gasteiger charge is 2.33. The number of hydrogen-bond donors (Lipinski definition) is 1. The molecule has 1 fully saturated rings. The zero-order chi connectivity index (χ0) is 16.9. The summed E-state index contributed by atoms with van der Waals surface area (Å²) in [6.07, 6.45) is 2.81. The molecular weight excluding hydrogens is 320 g/mol. The zero-order valence-corrected chi connectivity index (χ0v) is 14.0. The first-order chi connectivity index (χ1) is 10.9. The number of nitrogens with one attached hydrogen (secondary N) is 1. The fraction of sp³-hybridized carbons (Fsp3) is 0.600. The molecule has 128 valence electrons. The van der Waals surface area contributed by atoms with Crippen molar-refractivity contribution in [3.05, 3.63) is 24.2 Å². The summed E-state index contributed by atoms with van der Waals surface area (Å²) in [5.41, 5.74) is 0. The van der Waals surface area contributed by atoms with Crippen LogP contribution in [0.2, 0.25) is 0 Å². The van der Waals surface area contributed by atoms with Gasteiger partial charge in [-0.25, -0.2) is 8.42 Å². The lowest BCUT2D eigenvalue weighted by molar-refractivity contribution is -0.132. The van der Waals surface area contributed by atoms with Gasteiger partial charge in [-0.05, 0) is 25.0 Å². The lowest BCUT2D eigenvalue weighted by atomic mass is 10.2. The van der Waals surface area contributed by atoms with Gasteiger partial charge in [0.2, 0.25) is 5.91 Å². The minimum absolute atomic E-state index is 0.0392. The molecule has 2 heterocycles. The second-order valence-corrected chi connectivity index (χ2v) is 7.86. The van der Waals surface area contributed by atoms with E-state index >= 15 is 0 Å². The molecule has 0 radical (unpaired) electrons. The molecule has 1 unspecified atom stereocenters. The van der Waals surface area contributed by atoms with Gasteiger partial charge in [-0.2, -0.15) is 0 Å². The minimum atomic E-state index is -3.03. The van der Waals surface area contributed by atoms with Crippen molar-refractivity contribution in [3.8, 4) is 0 Å². The number of furan rings is 1. The van der Waals surface area contributed by atoms with E-state index < -0.39 is 9.84 Å². The molecule has 1 N–H and O–H groups in total. The molecule has 2 amide bonds. The van der Waals surface area contributed by atoms with Gasteiger partial charge < -0.3 is 14.6 Å².